The summed E-state index contributed by atoms with van der Waals surface area (Å²) >= 11 is 0. The molecule has 0 saturated carbocycles. The summed E-state index contributed by atoms with van der Waals surface area (Å²) in [6, 6.07) is 26.7. The lowest BCUT2D eigenvalue weighted by Crippen LogP contribution is -2.50. The van der Waals surface area contributed by atoms with Crippen molar-refractivity contribution >= 4 is 0 Å². The monoisotopic (exact) mass is 361 g/mol. The molecule has 0 amide bonds. The summed E-state index contributed by atoms with van der Waals surface area (Å²) in [4.78, 5) is 0. The van der Waals surface area contributed by atoms with Crippen LogP contribution in [0.3, 0.4) is 0 Å². The molecule has 0 spiro atoms. The molecule has 27 heavy (non-hydrogen) atoms. The maximum Gasteiger partial charge on any atom is 0.123 e. The second-order valence-corrected chi connectivity index (χ2v) is 7.44. The summed E-state index contributed by atoms with van der Waals surface area (Å²) in [7, 11) is 0. The van der Waals surface area contributed by atoms with Crippen molar-refractivity contribution in [2.24, 2.45) is 5.92 Å². The average Bonchev–Trinajstić information content (AvgIpc) is 2.72. The predicted octanol–water partition coefficient (Wildman–Crippen LogP) is 5.13. The largest absolute Gasteiger partial charge is 0.385 e. The molecular formula is C24H24FNO. The van der Waals surface area contributed by atoms with Gasteiger partial charge in [0.1, 0.15) is 5.82 Å². The van der Waals surface area contributed by atoms with E-state index in [0.717, 1.165) is 16.7 Å². The molecule has 1 aliphatic rings. The summed E-state index contributed by atoms with van der Waals surface area (Å²) in [6.45, 7) is 2.06. The minimum absolute atomic E-state index is 0.00246. The Hall–Kier alpha value is -2.49. The normalized spacial score (nSPS) is 28.0. The van der Waals surface area contributed by atoms with Crippen molar-refractivity contribution in [3.8, 4) is 0 Å². The van der Waals surface area contributed by atoms with Crippen molar-refractivity contribution in [2.45, 2.75) is 31.0 Å². The highest BCUT2D eigenvalue weighted by Gasteiger charge is 2.47. The van der Waals surface area contributed by atoms with Gasteiger partial charge in [0.15, 0.2) is 0 Å². The Kier molecular flexibility index (Phi) is 4.81. The van der Waals surface area contributed by atoms with E-state index < -0.39 is 5.60 Å². The van der Waals surface area contributed by atoms with Crippen LogP contribution in [0.5, 0.6) is 0 Å². The molecule has 0 aromatic heterocycles. The second-order valence-electron chi connectivity index (χ2n) is 7.44. The van der Waals surface area contributed by atoms with E-state index in [1.807, 2.05) is 36.4 Å². The molecule has 0 bridgehead atoms. The molecule has 1 saturated heterocycles. The van der Waals surface area contributed by atoms with Crippen molar-refractivity contribution < 1.29 is 9.50 Å². The molecule has 2 N–H and O–H groups in total. The highest BCUT2D eigenvalue weighted by Crippen LogP contribution is 2.48. The van der Waals surface area contributed by atoms with E-state index >= 15 is 0 Å². The lowest BCUT2D eigenvalue weighted by molar-refractivity contribution is -0.0743. The zero-order chi connectivity index (χ0) is 18.9. The maximum atomic E-state index is 13.5. The Morgan fingerprint density at radius 3 is 2.00 bits per heavy atom. The molecule has 0 radical (unpaired) electrons. The van der Waals surface area contributed by atoms with E-state index in [-0.39, 0.29) is 23.8 Å². The zero-order valence-electron chi connectivity index (χ0n) is 15.3. The molecule has 3 aromatic carbocycles. The Balaban J connectivity index is 1.78. The van der Waals surface area contributed by atoms with Crippen molar-refractivity contribution in [1.29, 1.82) is 0 Å². The molecule has 1 fully saturated rings. The summed E-state index contributed by atoms with van der Waals surface area (Å²) in [5.74, 6) is -0.367. The first-order valence-corrected chi connectivity index (χ1v) is 9.42. The smallest absolute Gasteiger partial charge is 0.123 e. The Labute approximate surface area is 159 Å². The quantitative estimate of drug-likeness (QED) is 0.678. The minimum atomic E-state index is -1.06. The molecule has 0 unspecified atom stereocenters. The van der Waals surface area contributed by atoms with Gasteiger partial charge in [0.2, 0.25) is 0 Å². The molecule has 1 aliphatic heterocycles. The first kappa shape index (κ1) is 17.9. The molecule has 0 aliphatic carbocycles. The molecule has 4 atom stereocenters. The zero-order valence-corrected chi connectivity index (χ0v) is 15.3. The van der Waals surface area contributed by atoms with Gasteiger partial charge in [0, 0.05) is 24.4 Å². The SMILES string of the molecule is C[C@@H]1[C@H](c2ccccc2)N[C@@H](c2ccccc2)C[C@]1(O)c1ccc(F)cc1. The molecule has 4 rings (SSSR count). The van der Waals surface area contributed by atoms with E-state index in [1.165, 1.54) is 12.1 Å². The fourth-order valence-electron chi connectivity index (χ4n) is 4.26. The van der Waals surface area contributed by atoms with Gasteiger partial charge >= 0.3 is 0 Å². The predicted molar refractivity (Wildman–Crippen MR) is 106 cm³/mol. The Bertz CT molecular complexity index is 881. The summed E-state index contributed by atoms with van der Waals surface area (Å²) in [5, 5.41) is 15.5. The van der Waals surface area contributed by atoms with Gasteiger partial charge in [0.25, 0.3) is 0 Å². The van der Waals surface area contributed by atoms with Gasteiger partial charge in [0.05, 0.1) is 5.60 Å². The number of aliphatic hydroxyl groups is 1. The second kappa shape index (κ2) is 7.26. The fraction of sp³-hybridized carbons (Fsp3) is 0.250. The van der Waals surface area contributed by atoms with Crippen LogP contribution in [-0.4, -0.2) is 5.11 Å². The Morgan fingerprint density at radius 2 is 1.41 bits per heavy atom. The number of rotatable bonds is 3. The van der Waals surface area contributed by atoms with Crippen LogP contribution < -0.4 is 5.32 Å². The number of nitrogens with one attached hydrogen (secondary N) is 1. The molecular weight excluding hydrogens is 337 g/mol. The number of benzene rings is 3. The lowest BCUT2D eigenvalue weighted by Gasteiger charge is -2.48. The first-order valence-electron chi connectivity index (χ1n) is 9.42. The van der Waals surface area contributed by atoms with Gasteiger partial charge in [-0.05, 0) is 28.8 Å². The topological polar surface area (TPSA) is 32.3 Å². The number of piperidine rings is 1. The van der Waals surface area contributed by atoms with E-state index in [1.54, 1.807) is 12.1 Å². The van der Waals surface area contributed by atoms with Gasteiger partial charge in [-0.25, -0.2) is 4.39 Å². The van der Waals surface area contributed by atoms with Crippen LogP contribution in [0.25, 0.3) is 0 Å². The first-order chi connectivity index (χ1) is 13.1. The fourth-order valence-corrected chi connectivity index (χ4v) is 4.26. The van der Waals surface area contributed by atoms with Crippen molar-refractivity contribution in [2.75, 3.05) is 0 Å². The average molecular weight is 361 g/mol. The number of hydrogen-bond donors (Lipinski definition) is 2. The highest BCUT2D eigenvalue weighted by atomic mass is 19.1. The molecule has 3 heteroatoms. The third-order valence-corrected chi connectivity index (χ3v) is 5.85. The maximum absolute atomic E-state index is 13.5. The van der Waals surface area contributed by atoms with Gasteiger partial charge in [-0.2, -0.15) is 0 Å². The Morgan fingerprint density at radius 1 is 0.852 bits per heavy atom. The van der Waals surface area contributed by atoms with Crippen LogP contribution in [-0.2, 0) is 5.60 Å². The van der Waals surface area contributed by atoms with Gasteiger partial charge in [-0.3, -0.25) is 0 Å². The standard InChI is InChI=1S/C24H24FNO/c1-17-23(19-10-6-3-7-11-19)26-22(18-8-4-2-5-9-18)16-24(17,27)20-12-14-21(25)15-13-20/h2-15,17,22-23,26-27H,16H2,1H3/t17-,22-,23-,24-/m1/s1. The molecule has 2 nitrogen and oxygen atoms in total. The highest BCUT2D eigenvalue weighted by molar-refractivity contribution is 5.32. The number of hydrogen-bond acceptors (Lipinski definition) is 2. The van der Waals surface area contributed by atoms with Gasteiger partial charge in [-0.15, -0.1) is 0 Å². The van der Waals surface area contributed by atoms with Crippen molar-refractivity contribution in [3.63, 3.8) is 0 Å². The molecule has 1 heterocycles. The van der Waals surface area contributed by atoms with Crippen molar-refractivity contribution in [1.82, 2.24) is 5.32 Å². The van der Waals surface area contributed by atoms with Crippen LogP contribution in [0.15, 0.2) is 84.9 Å². The van der Waals surface area contributed by atoms with Crippen LogP contribution >= 0.6 is 0 Å². The van der Waals surface area contributed by atoms with Crippen molar-refractivity contribution in [3.05, 3.63) is 107 Å². The summed E-state index contributed by atoms with van der Waals surface area (Å²) < 4.78 is 13.5. The van der Waals surface area contributed by atoms with E-state index in [4.69, 9.17) is 0 Å². The summed E-state index contributed by atoms with van der Waals surface area (Å²) in [5.41, 5.74) is 2.00. The third kappa shape index (κ3) is 3.41. The third-order valence-electron chi connectivity index (χ3n) is 5.85. The number of halogens is 1. The van der Waals surface area contributed by atoms with Crippen LogP contribution in [0.2, 0.25) is 0 Å². The van der Waals surface area contributed by atoms with Crippen LogP contribution in [0.1, 0.15) is 42.1 Å². The molecule has 138 valence electrons. The summed E-state index contributed by atoms with van der Waals surface area (Å²) in [6.07, 6.45) is 0.535. The minimum Gasteiger partial charge on any atom is -0.385 e. The van der Waals surface area contributed by atoms with Crippen LogP contribution in [0.4, 0.5) is 4.39 Å². The lowest BCUT2D eigenvalue weighted by atomic mass is 9.69. The van der Waals surface area contributed by atoms with Gasteiger partial charge in [-0.1, -0.05) is 79.7 Å². The van der Waals surface area contributed by atoms with E-state index in [0.29, 0.717) is 6.42 Å². The van der Waals surface area contributed by atoms with E-state index in [9.17, 15) is 9.50 Å². The van der Waals surface area contributed by atoms with Gasteiger partial charge < -0.3 is 10.4 Å². The van der Waals surface area contributed by atoms with Crippen LogP contribution in [0, 0.1) is 11.7 Å². The molecule has 3 aromatic rings. The van der Waals surface area contributed by atoms with E-state index in [2.05, 4.69) is 36.5 Å².